The largest absolute Gasteiger partial charge is 0.433 e. The molecule has 3 nitrogen and oxygen atoms in total. The van der Waals surface area contributed by atoms with Crippen LogP contribution in [-0.2, 0) is 0 Å². The van der Waals surface area contributed by atoms with Gasteiger partial charge in [0.2, 0.25) is 0 Å². The third-order valence-electron chi connectivity index (χ3n) is 2.56. The molecule has 0 amide bonds. The molecular weight excluding hydrogens is 323 g/mol. The van der Waals surface area contributed by atoms with Crippen molar-refractivity contribution in [2.24, 2.45) is 10.7 Å². The quantitative estimate of drug-likeness (QED) is 0.856. The zero-order valence-electron chi connectivity index (χ0n) is 9.95. The summed E-state index contributed by atoms with van der Waals surface area (Å²) in [5, 5.41) is 0. The zero-order valence-corrected chi connectivity index (χ0v) is 11.5. The van der Waals surface area contributed by atoms with Gasteiger partial charge in [-0.1, -0.05) is 15.9 Å². The molecule has 19 heavy (non-hydrogen) atoms. The molecule has 1 heterocycles. The molecule has 1 unspecified atom stereocenters. The molecule has 0 saturated heterocycles. The van der Waals surface area contributed by atoms with Crippen LogP contribution >= 0.6 is 15.9 Å². The summed E-state index contributed by atoms with van der Waals surface area (Å²) in [6.07, 6.45) is -3.36. The maximum atomic E-state index is 12.5. The van der Waals surface area contributed by atoms with E-state index in [1.807, 2.05) is 19.1 Å². The second kappa shape index (κ2) is 4.97. The Labute approximate surface area is 116 Å². The third-order valence-corrected chi connectivity index (χ3v) is 3.02. The fourth-order valence-corrected chi connectivity index (χ4v) is 2.36. The van der Waals surface area contributed by atoms with Gasteiger partial charge < -0.3 is 4.90 Å². The lowest BCUT2D eigenvalue weighted by atomic mass is 10.2. The molecule has 0 saturated carbocycles. The second-order valence-electron chi connectivity index (χ2n) is 4.14. The molecule has 2 N–H and O–H groups in total. The van der Waals surface area contributed by atoms with E-state index in [0.29, 0.717) is 5.69 Å². The van der Waals surface area contributed by atoms with E-state index in [4.69, 9.17) is 5.73 Å². The van der Waals surface area contributed by atoms with E-state index in [0.717, 1.165) is 16.1 Å². The van der Waals surface area contributed by atoms with E-state index in [-0.39, 0.29) is 0 Å². The SMILES string of the molecule is Cc1cc(Br)cc(N2C=CC(C(F)(F)F)=NC2N)c1. The predicted octanol–water partition coefficient (Wildman–Crippen LogP) is 3.34. The van der Waals surface area contributed by atoms with Crippen LogP contribution in [0.25, 0.3) is 0 Å². The summed E-state index contributed by atoms with van der Waals surface area (Å²) < 4.78 is 38.4. The summed E-state index contributed by atoms with van der Waals surface area (Å²) in [7, 11) is 0. The number of anilines is 1. The van der Waals surface area contributed by atoms with Gasteiger partial charge in [0.1, 0.15) is 5.71 Å². The van der Waals surface area contributed by atoms with Crippen LogP contribution in [0.2, 0.25) is 0 Å². The lowest BCUT2D eigenvalue weighted by molar-refractivity contribution is -0.0582. The van der Waals surface area contributed by atoms with Crippen molar-refractivity contribution in [2.45, 2.75) is 19.4 Å². The molecule has 1 aromatic rings. The van der Waals surface area contributed by atoms with Gasteiger partial charge in [0.15, 0.2) is 6.29 Å². The van der Waals surface area contributed by atoms with Crippen molar-refractivity contribution in [3.63, 3.8) is 0 Å². The van der Waals surface area contributed by atoms with Gasteiger partial charge in [-0.05, 0) is 36.8 Å². The number of nitrogens with zero attached hydrogens (tertiary/aromatic N) is 2. The number of hydrogen-bond donors (Lipinski definition) is 1. The molecule has 1 aliphatic heterocycles. The number of benzene rings is 1. The minimum Gasteiger partial charge on any atom is -0.313 e. The lowest BCUT2D eigenvalue weighted by Gasteiger charge is -2.29. The van der Waals surface area contributed by atoms with Crippen molar-refractivity contribution in [3.8, 4) is 0 Å². The summed E-state index contributed by atoms with van der Waals surface area (Å²) in [4.78, 5) is 4.94. The van der Waals surface area contributed by atoms with Crippen LogP contribution in [-0.4, -0.2) is 18.2 Å². The number of allylic oxidation sites excluding steroid dienone is 1. The van der Waals surface area contributed by atoms with Crippen LogP contribution in [0, 0.1) is 6.92 Å². The summed E-state index contributed by atoms with van der Waals surface area (Å²) in [5.74, 6) is 0. The first kappa shape index (κ1) is 14.1. The van der Waals surface area contributed by atoms with Gasteiger partial charge in [-0.25, -0.2) is 4.99 Å². The van der Waals surface area contributed by atoms with E-state index in [1.54, 1.807) is 6.07 Å². The minimum absolute atomic E-state index is 0.681. The van der Waals surface area contributed by atoms with Gasteiger partial charge in [0.25, 0.3) is 0 Å². The smallest absolute Gasteiger partial charge is 0.313 e. The third kappa shape index (κ3) is 3.16. The molecule has 102 valence electrons. The Morgan fingerprint density at radius 2 is 2.00 bits per heavy atom. The average Bonchev–Trinajstić information content (AvgIpc) is 2.26. The molecule has 7 heteroatoms. The molecule has 0 aromatic heterocycles. The van der Waals surface area contributed by atoms with E-state index in [1.165, 1.54) is 11.1 Å². The fourth-order valence-electron chi connectivity index (χ4n) is 1.76. The number of rotatable bonds is 1. The maximum Gasteiger partial charge on any atom is 0.433 e. The van der Waals surface area contributed by atoms with Crippen molar-refractivity contribution < 1.29 is 13.2 Å². The molecule has 0 bridgehead atoms. The topological polar surface area (TPSA) is 41.6 Å². The van der Waals surface area contributed by atoms with Crippen LogP contribution in [0.1, 0.15) is 5.56 Å². The van der Waals surface area contributed by atoms with Crippen molar-refractivity contribution >= 4 is 27.3 Å². The van der Waals surface area contributed by atoms with Crippen LogP contribution in [0.4, 0.5) is 18.9 Å². The molecule has 1 aromatic carbocycles. The Morgan fingerprint density at radius 3 is 2.53 bits per heavy atom. The molecule has 0 aliphatic carbocycles. The van der Waals surface area contributed by atoms with E-state index >= 15 is 0 Å². The summed E-state index contributed by atoms with van der Waals surface area (Å²) >= 11 is 3.34. The first-order valence-electron chi connectivity index (χ1n) is 5.42. The number of alkyl halides is 3. The molecule has 0 spiro atoms. The maximum absolute atomic E-state index is 12.5. The molecular formula is C12H11BrF3N3. The Bertz CT molecular complexity index is 531. The normalized spacial score (nSPS) is 19.6. The minimum atomic E-state index is -4.48. The monoisotopic (exact) mass is 333 g/mol. The van der Waals surface area contributed by atoms with Crippen molar-refractivity contribution in [1.82, 2.24) is 0 Å². The van der Waals surface area contributed by atoms with Gasteiger partial charge in [-0.15, -0.1) is 0 Å². The molecule has 1 aliphatic rings. The van der Waals surface area contributed by atoms with Crippen LogP contribution in [0.3, 0.4) is 0 Å². The first-order valence-corrected chi connectivity index (χ1v) is 6.21. The Balaban J connectivity index is 2.31. The molecule has 1 atom stereocenters. The number of nitrogens with two attached hydrogens (primary N) is 1. The van der Waals surface area contributed by atoms with Crippen LogP contribution in [0.15, 0.2) is 39.9 Å². The highest BCUT2D eigenvalue weighted by Crippen LogP contribution is 2.27. The lowest BCUT2D eigenvalue weighted by Crippen LogP contribution is -2.42. The van der Waals surface area contributed by atoms with Gasteiger partial charge in [0, 0.05) is 16.4 Å². The van der Waals surface area contributed by atoms with Gasteiger partial charge in [-0.2, -0.15) is 13.2 Å². The Morgan fingerprint density at radius 1 is 1.32 bits per heavy atom. The van der Waals surface area contributed by atoms with E-state index in [9.17, 15) is 13.2 Å². The number of halogens is 4. The number of hydrogen-bond acceptors (Lipinski definition) is 3. The number of aliphatic imine (C=N–C) groups is 1. The summed E-state index contributed by atoms with van der Waals surface area (Å²) in [6.45, 7) is 1.89. The van der Waals surface area contributed by atoms with Gasteiger partial charge in [-0.3, -0.25) is 5.73 Å². The van der Waals surface area contributed by atoms with Gasteiger partial charge >= 0.3 is 6.18 Å². The van der Waals surface area contributed by atoms with Crippen molar-refractivity contribution in [3.05, 3.63) is 40.5 Å². The summed E-state index contributed by atoms with van der Waals surface area (Å²) in [6, 6.07) is 5.49. The highest BCUT2D eigenvalue weighted by molar-refractivity contribution is 9.10. The zero-order chi connectivity index (χ0) is 14.2. The van der Waals surface area contributed by atoms with E-state index < -0.39 is 18.2 Å². The van der Waals surface area contributed by atoms with Gasteiger partial charge in [0.05, 0.1) is 0 Å². The highest BCUT2D eigenvalue weighted by Gasteiger charge is 2.36. The predicted molar refractivity (Wildman–Crippen MR) is 72.0 cm³/mol. The second-order valence-corrected chi connectivity index (χ2v) is 5.05. The van der Waals surface area contributed by atoms with Crippen molar-refractivity contribution in [2.75, 3.05) is 4.90 Å². The molecule has 2 rings (SSSR count). The average molecular weight is 334 g/mol. The molecule has 0 radical (unpaired) electrons. The Hall–Kier alpha value is -1.34. The molecule has 0 fully saturated rings. The van der Waals surface area contributed by atoms with E-state index in [2.05, 4.69) is 20.9 Å². The summed E-state index contributed by atoms with van der Waals surface area (Å²) in [5.41, 5.74) is 6.35. The number of aryl methyl sites for hydroxylation is 1. The highest BCUT2D eigenvalue weighted by atomic mass is 79.9. The standard InChI is InChI=1S/C12H11BrF3N3/c1-7-4-8(13)6-9(5-7)19-3-2-10(12(14,15)16)18-11(19)17/h2-6,11H,17H2,1H3. The fraction of sp³-hybridized carbons (Fsp3) is 0.250. The van der Waals surface area contributed by atoms with Crippen molar-refractivity contribution in [1.29, 1.82) is 0 Å². The Kier molecular flexibility index (Phi) is 3.69. The first-order chi connectivity index (χ1) is 8.77. The van der Waals surface area contributed by atoms with Crippen LogP contribution < -0.4 is 10.6 Å². The van der Waals surface area contributed by atoms with Crippen LogP contribution in [0.5, 0.6) is 0 Å².